The van der Waals surface area contributed by atoms with Crippen molar-refractivity contribution in [2.24, 2.45) is 0 Å². The van der Waals surface area contributed by atoms with Crippen molar-refractivity contribution in [2.45, 2.75) is 31.2 Å². The van der Waals surface area contributed by atoms with Gasteiger partial charge in [-0.05, 0) is 6.92 Å². The average molecular weight is 146 g/mol. The summed E-state index contributed by atoms with van der Waals surface area (Å²) >= 11 is 0. The number of hydrogen-bond donors (Lipinski definition) is 3. The van der Waals surface area contributed by atoms with E-state index in [1.165, 1.54) is 6.92 Å². The van der Waals surface area contributed by atoms with Crippen LogP contribution < -0.4 is 0 Å². The summed E-state index contributed by atoms with van der Waals surface area (Å²) in [6.07, 6.45) is -2.91. The predicted octanol–water partition coefficient (Wildman–Crippen LogP) is -1.57. The van der Waals surface area contributed by atoms with Crippen molar-refractivity contribution in [3.63, 3.8) is 0 Å². The summed E-state index contributed by atoms with van der Waals surface area (Å²) in [5.74, 6) is -0.502. The molecule has 4 heteroatoms. The van der Waals surface area contributed by atoms with E-state index in [0.717, 1.165) is 0 Å². The fraction of sp³-hybridized carbons (Fsp3) is 0.833. The van der Waals surface area contributed by atoms with Crippen molar-refractivity contribution < 1.29 is 20.1 Å². The van der Waals surface area contributed by atoms with Crippen LogP contribution in [0.4, 0.5) is 0 Å². The first-order valence-corrected chi connectivity index (χ1v) is 3.06. The lowest BCUT2D eigenvalue weighted by Gasteiger charge is -2.20. The molecule has 0 saturated heterocycles. The van der Waals surface area contributed by atoms with E-state index >= 15 is 0 Å². The van der Waals surface area contributed by atoms with Crippen molar-refractivity contribution >= 4 is 5.78 Å². The third-order valence-electron chi connectivity index (χ3n) is 1.80. The van der Waals surface area contributed by atoms with Gasteiger partial charge in [-0.25, -0.2) is 0 Å². The van der Waals surface area contributed by atoms with Gasteiger partial charge in [0.1, 0.15) is 12.2 Å². The second-order valence-electron chi connectivity index (χ2n) is 2.89. The van der Waals surface area contributed by atoms with E-state index in [1.54, 1.807) is 0 Å². The van der Waals surface area contributed by atoms with Gasteiger partial charge >= 0.3 is 0 Å². The van der Waals surface area contributed by atoms with Crippen molar-refractivity contribution in [3.8, 4) is 0 Å². The molecular formula is C6H10O4. The molecule has 0 aromatic carbocycles. The maximum absolute atomic E-state index is 10.6. The maximum Gasteiger partial charge on any atom is 0.167 e. The Balaban J connectivity index is 2.81. The van der Waals surface area contributed by atoms with Gasteiger partial charge in [-0.2, -0.15) is 0 Å². The zero-order valence-corrected chi connectivity index (χ0v) is 5.61. The van der Waals surface area contributed by atoms with Gasteiger partial charge in [0.05, 0.1) is 5.60 Å². The van der Waals surface area contributed by atoms with Gasteiger partial charge in [0.15, 0.2) is 5.78 Å². The van der Waals surface area contributed by atoms with E-state index < -0.39 is 23.6 Å². The minimum Gasteiger partial charge on any atom is -0.387 e. The van der Waals surface area contributed by atoms with E-state index in [4.69, 9.17) is 10.2 Å². The standard InChI is InChI=1S/C6H10O4/c1-6(10)2-3(7)4(8)5(6)9/h4-5,8-10H,2H2,1H3. The normalized spacial score (nSPS) is 48.2. The molecule has 0 spiro atoms. The highest BCUT2D eigenvalue weighted by atomic mass is 16.4. The van der Waals surface area contributed by atoms with Gasteiger partial charge in [-0.3, -0.25) is 4.79 Å². The summed E-state index contributed by atoms with van der Waals surface area (Å²) in [6, 6.07) is 0. The summed E-state index contributed by atoms with van der Waals surface area (Å²) < 4.78 is 0. The largest absolute Gasteiger partial charge is 0.387 e. The monoisotopic (exact) mass is 146 g/mol. The highest BCUT2D eigenvalue weighted by molar-refractivity contribution is 5.87. The molecule has 0 aromatic heterocycles. The molecule has 3 N–H and O–H groups in total. The Labute approximate surface area is 58.1 Å². The van der Waals surface area contributed by atoms with Crippen LogP contribution in [0.15, 0.2) is 0 Å². The number of hydrogen-bond acceptors (Lipinski definition) is 4. The van der Waals surface area contributed by atoms with Crippen LogP contribution >= 0.6 is 0 Å². The Morgan fingerprint density at radius 3 is 2.20 bits per heavy atom. The zero-order valence-electron chi connectivity index (χ0n) is 5.61. The molecule has 0 bridgehead atoms. The molecule has 0 aliphatic heterocycles. The second kappa shape index (κ2) is 2.02. The molecule has 1 fully saturated rings. The molecule has 0 amide bonds. The second-order valence-corrected chi connectivity index (χ2v) is 2.89. The van der Waals surface area contributed by atoms with E-state index in [0.29, 0.717) is 0 Å². The summed E-state index contributed by atoms with van der Waals surface area (Å²) in [6.45, 7) is 1.33. The highest BCUT2D eigenvalue weighted by Crippen LogP contribution is 2.26. The molecule has 1 rings (SSSR count). The smallest absolute Gasteiger partial charge is 0.167 e. The number of aliphatic hydroxyl groups excluding tert-OH is 2. The Kier molecular flexibility index (Phi) is 1.54. The van der Waals surface area contributed by atoms with Crippen molar-refractivity contribution in [3.05, 3.63) is 0 Å². The summed E-state index contributed by atoms with van der Waals surface area (Å²) in [5, 5.41) is 27.0. The van der Waals surface area contributed by atoms with Crippen LogP contribution in [-0.4, -0.2) is 38.9 Å². The molecule has 0 heterocycles. The van der Waals surface area contributed by atoms with Crippen molar-refractivity contribution in [1.29, 1.82) is 0 Å². The molecule has 4 nitrogen and oxygen atoms in total. The van der Waals surface area contributed by atoms with Crippen LogP contribution in [0.5, 0.6) is 0 Å². The van der Waals surface area contributed by atoms with Crippen LogP contribution in [-0.2, 0) is 4.79 Å². The van der Waals surface area contributed by atoms with Crippen LogP contribution in [0.25, 0.3) is 0 Å². The van der Waals surface area contributed by atoms with E-state index in [1.807, 2.05) is 0 Å². The first-order chi connectivity index (χ1) is 4.45. The molecule has 10 heavy (non-hydrogen) atoms. The topological polar surface area (TPSA) is 77.8 Å². The molecule has 58 valence electrons. The molecule has 3 atom stereocenters. The molecule has 1 saturated carbocycles. The number of rotatable bonds is 0. The highest BCUT2D eigenvalue weighted by Gasteiger charge is 2.47. The molecule has 0 aromatic rings. The van der Waals surface area contributed by atoms with Crippen LogP contribution in [0, 0.1) is 0 Å². The first-order valence-electron chi connectivity index (χ1n) is 3.06. The van der Waals surface area contributed by atoms with Crippen LogP contribution in [0.2, 0.25) is 0 Å². The summed E-state index contributed by atoms with van der Waals surface area (Å²) in [7, 11) is 0. The van der Waals surface area contributed by atoms with Crippen molar-refractivity contribution in [2.75, 3.05) is 0 Å². The molecule has 3 unspecified atom stereocenters. The van der Waals surface area contributed by atoms with E-state index in [2.05, 4.69) is 0 Å². The van der Waals surface area contributed by atoms with Crippen LogP contribution in [0.3, 0.4) is 0 Å². The molecule has 1 aliphatic carbocycles. The molecular weight excluding hydrogens is 136 g/mol. The minimum atomic E-state index is -1.45. The minimum absolute atomic E-state index is 0.171. The lowest BCUT2D eigenvalue weighted by molar-refractivity contribution is -0.127. The lowest BCUT2D eigenvalue weighted by atomic mass is 10.0. The average Bonchev–Trinajstić information content (AvgIpc) is 1.95. The SMILES string of the molecule is CC1(O)CC(=O)C(O)C1O. The number of ketones is 1. The van der Waals surface area contributed by atoms with Gasteiger partial charge in [0, 0.05) is 6.42 Å². The fourth-order valence-electron chi connectivity index (χ4n) is 1.08. The lowest BCUT2D eigenvalue weighted by Crippen LogP contribution is -2.39. The molecule has 0 radical (unpaired) electrons. The van der Waals surface area contributed by atoms with E-state index in [-0.39, 0.29) is 6.42 Å². The number of carbonyl (C=O) groups excluding carboxylic acids is 1. The summed E-state index contributed by atoms with van der Waals surface area (Å²) in [4.78, 5) is 10.6. The Hall–Kier alpha value is -0.450. The zero-order chi connectivity index (χ0) is 7.94. The van der Waals surface area contributed by atoms with Crippen LogP contribution in [0.1, 0.15) is 13.3 Å². The quantitative estimate of drug-likeness (QED) is 0.386. The predicted molar refractivity (Wildman–Crippen MR) is 32.3 cm³/mol. The van der Waals surface area contributed by atoms with Gasteiger partial charge in [0.2, 0.25) is 0 Å². The van der Waals surface area contributed by atoms with Gasteiger partial charge < -0.3 is 15.3 Å². The third-order valence-corrected chi connectivity index (χ3v) is 1.80. The van der Waals surface area contributed by atoms with Gasteiger partial charge in [-0.1, -0.05) is 0 Å². The fourth-order valence-corrected chi connectivity index (χ4v) is 1.08. The van der Waals surface area contributed by atoms with Crippen molar-refractivity contribution in [1.82, 2.24) is 0 Å². The Bertz CT molecular complexity index is 163. The van der Waals surface area contributed by atoms with Gasteiger partial charge in [-0.15, -0.1) is 0 Å². The number of aliphatic hydroxyl groups is 3. The number of Topliss-reactive ketones (excluding diaryl/α,β-unsaturated/α-hetero) is 1. The first kappa shape index (κ1) is 7.65. The maximum atomic E-state index is 10.6. The van der Waals surface area contributed by atoms with Gasteiger partial charge in [0.25, 0.3) is 0 Å². The third kappa shape index (κ3) is 0.941. The number of carbonyl (C=O) groups is 1. The Morgan fingerprint density at radius 1 is 1.60 bits per heavy atom. The Morgan fingerprint density at radius 2 is 2.10 bits per heavy atom. The molecule has 1 aliphatic rings. The summed E-state index contributed by atoms with van der Waals surface area (Å²) in [5.41, 5.74) is -1.45. The van der Waals surface area contributed by atoms with E-state index in [9.17, 15) is 9.90 Å².